The fourth-order valence-electron chi connectivity index (χ4n) is 3.83. The molecule has 39 heavy (non-hydrogen) atoms. The van der Waals surface area contributed by atoms with Crippen LogP contribution >= 0.6 is 22.9 Å². The Bertz CT molecular complexity index is 1290. The van der Waals surface area contributed by atoms with Crippen LogP contribution in [0.3, 0.4) is 0 Å². The van der Waals surface area contributed by atoms with Crippen molar-refractivity contribution in [3.8, 4) is 11.5 Å². The molecule has 0 bridgehead atoms. The van der Waals surface area contributed by atoms with Crippen LogP contribution < -0.4 is 20.2 Å². The molecule has 2 N–H and O–H groups in total. The third kappa shape index (κ3) is 8.97. The monoisotopic (exact) mass is 567 g/mol. The fraction of sp³-hybridized carbons (Fsp3) is 0.300. The maximum atomic E-state index is 12.8. The summed E-state index contributed by atoms with van der Waals surface area (Å²) in [5.41, 5.74) is 4.99. The summed E-state index contributed by atoms with van der Waals surface area (Å²) in [6.45, 7) is 10.2. The van der Waals surface area contributed by atoms with Crippen molar-refractivity contribution >= 4 is 41.0 Å². The molecule has 206 valence electrons. The first-order valence-corrected chi connectivity index (χ1v) is 14.0. The average molecular weight is 568 g/mol. The van der Waals surface area contributed by atoms with E-state index in [4.69, 9.17) is 21.1 Å². The van der Waals surface area contributed by atoms with Crippen molar-refractivity contribution in [1.29, 1.82) is 0 Å². The summed E-state index contributed by atoms with van der Waals surface area (Å²) in [5, 5.41) is 9.51. The number of thiophene rings is 1. The Morgan fingerprint density at radius 2 is 1.92 bits per heavy atom. The summed E-state index contributed by atoms with van der Waals surface area (Å²) in [5.74, 6) is 0.435. The number of hydrogen-bond donors (Lipinski definition) is 2. The van der Waals surface area contributed by atoms with Crippen LogP contribution in [0.1, 0.15) is 42.3 Å². The van der Waals surface area contributed by atoms with Crippen molar-refractivity contribution in [3.05, 3.63) is 93.2 Å². The Morgan fingerprint density at radius 1 is 1.13 bits per heavy atom. The Morgan fingerprint density at radius 3 is 2.59 bits per heavy atom. The zero-order valence-corrected chi connectivity index (χ0v) is 24.0. The van der Waals surface area contributed by atoms with Gasteiger partial charge < -0.3 is 14.8 Å². The molecule has 0 aliphatic heterocycles. The van der Waals surface area contributed by atoms with E-state index < -0.39 is 11.9 Å². The molecule has 0 fully saturated rings. The molecule has 0 saturated carbocycles. The van der Waals surface area contributed by atoms with Gasteiger partial charge in [0.2, 0.25) is 5.91 Å². The van der Waals surface area contributed by atoms with Crippen molar-refractivity contribution in [2.24, 2.45) is 11.0 Å². The van der Waals surface area contributed by atoms with Gasteiger partial charge in [-0.05, 0) is 54.5 Å². The van der Waals surface area contributed by atoms with E-state index in [0.29, 0.717) is 35.1 Å². The normalized spacial score (nSPS) is 11.8. The lowest BCUT2D eigenvalue weighted by atomic mass is 10.0. The molecule has 0 aliphatic rings. The van der Waals surface area contributed by atoms with E-state index in [2.05, 4.69) is 22.4 Å². The Hall–Kier alpha value is -3.62. The molecule has 0 saturated heterocycles. The largest absolute Gasteiger partial charge is 0.490 e. The summed E-state index contributed by atoms with van der Waals surface area (Å²) in [6.07, 6.45) is 4.09. The Balaban J connectivity index is 1.73. The Kier molecular flexibility index (Phi) is 11.6. The lowest BCUT2D eigenvalue weighted by Gasteiger charge is -2.20. The van der Waals surface area contributed by atoms with Crippen LogP contribution in [0.5, 0.6) is 11.5 Å². The second-order valence-electron chi connectivity index (χ2n) is 9.09. The quantitative estimate of drug-likeness (QED) is 0.143. The first-order chi connectivity index (χ1) is 18.8. The summed E-state index contributed by atoms with van der Waals surface area (Å²) in [4.78, 5) is 26.2. The van der Waals surface area contributed by atoms with Gasteiger partial charge in [0, 0.05) is 21.0 Å². The summed E-state index contributed by atoms with van der Waals surface area (Å²) in [6, 6.07) is 14.3. The summed E-state index contributed by atoms with van der Waals surface area (Å²) in [7, 11) is 0. The highest BCUT2D eigenvalue weighted by Crippen LogP contribution is 2.34. The third-order valence-corrected chi connectivity index (χ3v) is 6.96. The number of benzene rings is 2. The second-order valence-corrected chi connectivity index (χ2v) is 10.5. The number of carbonyl (C=O) groups excluding carboxylic acids is 2. The van der Waals surface area contributed by atoms with Crippen molar-refractivity contribution in [1.82, 2.24) is 10.7 Å². The van der Waals surface area contributed by atoms with Crippen LogP contribution in [0.25, 0.3) is 0 Å². The summed E-state index contributed by atoms with van der Waals surface area (Å²) < 4.78 is 12.0. The molecule has 0 unspecified atom stereocenters. The van der Waals surface area contributed by atoms with Gasteiger partial charge in [-0.1, -0.05) is 55.8 Å². The first kappa shape index (κ1) is 29.9. The van der Waals surface area contributed by atoms with Gasteiger partial charge in [-0.25, -0.2) is 5.43 Å². The van der Waals surface area contributed by atoms with E-state index >= 15 is 0 Å². The van der Waals surface area contributed by atoms with E-state index in [1.807, 2.05) is 68.6 Å². The number of amides is 2. The van der Waals surface area contributed by atoms with Crippen LogP contribution in [0.2, 0.25) is 5.02 Å². The lowest BCUT2D eigenvalue weighted by molar-refractivity contribution is -0.129. The molecule has 1 aromatic heterocycles. The van der Waals surface area contributed by atoms with Gasteiger partial charge >= 0.3 is 0 Å². The second kappa shape index (κ2) is 15.1. The minimum atomic E-state index is -0.717. The molecule has 0 spiro atoms. The number of hydrogen-bond acceptors (Lipinski definition) is 6. The molecule has 1 atom stereocenters. The SMILES string of the molecule is C=CCc1cc(C=NNC(=O)[C@@H](NC(=O)Cc2cccs2)C(C)C)cc(OCC)c1OCc1ccccc1Cl. The highest BCUT2D eigenvalue weighted by atomic mass is 35.5. The molecule has 9 heteroatoms. The Labute approximate surface area is 238 Å². The molecule has 0 aliphatic carbocycles. The number of hydrazone groups is 1. The number of nitrogens with zero attached hydrogens (tertiary/aromatic N) is 1. The van der Waals surface area contributed by atoms with Gasteiger partial charge in [-0.15, -0.1) is 17.9 Å². The zero-order chi connectivity index (χ0) is 28.2. The molecular formula is C30H34ClN3O4S. The maximum Gasteiger partial charge on any atom is 0.262 e. The molecule has 2 amide bonds. The maximum absolute atomic E-state index is 12.8. The van der Waals surface area contributed by atoms with E-state index in [1.54, 1.807) is 12.1 Å². The number of nitrogens with one attached hydrogen (secondary N) is 2. The third-order valence-electron chi connectivity index (χ3n) is 5.72. The van der Waals surface area contributed by atoms with E-state index in [0.717, 1.165) is 16.0 Å². The number of halogens is 1. The smallest absolute Gasteiger partial charge is 0.262 e. The van der Waals surface area contributed by atoms with E-state index in [1.165, 1.54) is 17.6 Å². The molecule has 3 aromatic rings. The number of allylic oxidation sites excluding steroid dienone is 1. The zero-order valence-electron chi connectivity index (χ0n) is 22.4. The van der Waals surface area contributed by atoms with Gasteiger partial charge in [-0.3, -0.25) is 9.59 Å². The molecule has 3 rings (SSSR count). The molecule has 7 nitrogen and oxygen atoms in total. The minimum Gasteiger partial charge on any atom is -0.490 e. The first-order valence-electron chi connectivity index (χ1n) is 12.7. The minimum absolute atomic E-state index is 0.120. The van der Waals surface area contributed by atoms with Crippen molar-refractivity contribution in [2.45, 2.75) is 46.3 Å². The average Bonchev–Trinajstić information content (AvgIpc) is 3.41. The van der Waals surface area contributed by atoms with Crippen LogP contribution in [0.4, 0.5) is 0 Å². The number of rotatable bonds is 14. The van der Waals surface area contributed by atoms with Crippen LogP contribution in [0, 0.1) is 5.92 Å². The highest BCUT2D eigenvalue weighted by molar-refractivity contribution is 7.10. The predicted molar refractivity (Wildman–Crippen MR) is 158 cm³/mol. The topological polar surface area (TPSA) is 89.0 Å². The molecule has 0 radical (unpaired) electrons. The fourth-order valence-corrected chi connectivity index (χ4v) is 4.72. The van der Waals surface area contributed by atoms with Gasteiger partial charge in [0.15, 0.2) is 11.5 Å². The molecular weight excluding hydrogens is 534 g/mol. The van der Waals surface area contributed by atoms with Crippen molar-refractivity contribution in [3.63, 3.8) is 0 Å². The standard InChI is InChI=1S/C30H34ClN3O4S/c1-5-10-22-15-21(16-26(37-6-2)29(22)38-19-23-11-7-8-13-25(23)31)18-32-34-30(36)28(20(3)4)33-27(35)17-24-12-9-14-39-24/h5,7-9,11-16,18,20,28H,1,6,10,17,19H2,2-4H3,(H,33,35)(H,34,36)/t28-/m0/s1. The molecule has 2 aromatic carbocycles. The molecule has 1 heterocycles. The van der Waals surface area contributed by atoms with Gasteiger partial charge in [0.25, 0.3) is 5.91 Å². The lowest BCUT2D eigenvalue weighted by Crippen LogP contribution is -2.49. The van der Waals surface area contributed by atoms with Crippen molar-refractivity contribution < 1.29 is 19.1 Å². The van der Waals surface area contributed by atoms with Crippen LogP contribution in [0.15, 0.2) is 71.7 Å². The summed E-state index contributed by atoms with van der Waals surface area (Å²) >= 11 is 7.80. The van der Waals surface area contributed by atoms with E-state index in [9.17, 15) is 9.59 Å². The van der Waals surface area contributed by atoms with E-state index in [-0.39, 0.29) is 24.9 Å². The number of ether oxygens (including phenoxy) is 2. The van der Waals surface area contributed by atoms with Gasteiger partial charge in [-0.2, -0.15) is 5.10 Å². The number of carbonyl (C=O) groups is 2. The van der Waals surface area contributed by atoms with Crippen LogP contribution in [-0.4, -0.2) is 30.7 Å². The van der Waals surface area contributed by atoms with Gasteiger partial charge in [0.1, 0.15) is 12.6 Å². The highest BCUT2D eigenvalue weighted by Gasteiger charge is 2.24. The predicted octanol–water partition coefficient (Wildman–Crippen LogP) is 5.94. The van der Waals surface area contributed by atoms with Gasteiger partial charge in [0.05, 0.1) is 19.2 Å². The van der Waals surface area contributed by atoms with Crippen LogP contribution in [-0.2, 0) is 29.0 Å². The van der Waals surface area contributed by atoms with Crippen molar-refractivity contribution in [2.75, 3.05) is 6.61 Å².